The molecule has 2 fully saturated rings. The molecule has 146 valence electrons. The SMILES string of the molecule is Cc1cc(C(=O)COC(=O)[C@H](C)N2C(=O)[C@@H]3CCCC[C@H]3C2=O)c(C)n1C. The van der Waals surface area contributed by atoms with Crippen LogP contribution in [0.25, 0.3) is 0 Å². The fourth-order valence-electron chi connectivity index (χ4n) is 4.15. The maximum atomic E-state index is 12.6. The molecule has 7 nitrogen and oxygen atoms in total. The lowest BCUT2D eigenvalue weighted by molar-refractivity contribution is -0.157. The van der Waals surface area contributed by atoms with Crippen molar-refractivity contribution >= 4 is 23.6 Å². The van der Waals surface area contributed by atoms with E-state index in [0.29, 0.717) is 18.4 Å². The van der Waals surface area contributed by atoms with E-state index in [9.17, 15) is 19.2 Å². The van der Waals surface area contributed by atoms with E-state index in [4.69, 9.17) is 4.74 Å². The van der Waals surface area contributed by atoms with Gasteiger partial charge in [-0.15, -0.1) is 0 Å². The Hall–Kier alpha value is -2.44. The van der Waals surface area contributed by atoms with E-state index >= 15 is 0 Å². The quantitative estimate of drug-likeness (QED) is 0.447. The predicted molar refractivity (Wildman–Crippen MR) is 96.9 cm³/mol. The molecule has 1 aliphatic heterocycles. The molecular formula is C20H26N2O5. The first-order valence-corrected chi connectivity index (χ1v) is 9.43. The lowest BCUT2D eigenvalue weighted by atomic mass is 9.81. The molecule has 0 unspecified atom stereocenters. The van der Waals surface area contributed by atoms with Crippen LogP contribution >= 0.6 is 0 Å². The van der Waals surface area contributed by atoms with Gasteiger partial charge >= 0.3 is 5.97 Å². The number of ketones is 1. The number of esters is 1. The van der Waals surface area contributed by atoms with E-state index in [2.05, 4.69) is 0 Å². The van der Waals surface area contributed by atoms with Crippen LogP contribution in [0.4, 0.5) is 0 Å². The Morgan fingerprint density at radius 1 is 1.15 bits per heavy atom. The number of aryl methyl sites for hydroxylation is 1. The number of fused-ring (bicyclic) bond motifs is 1. The number of Topliss-reactive ketones (excluding diaryl/α,β-unsaturated/α-hetero) is 1. The third-order valence-corrected chi connectivity index (χ3v) is 6.02. The van der Waals surface area contributed by atoms with Gasteiger partial charge in [-0.1, -0.05) is 12.8 Å². The average Bonchev–Trinajstić information content (AvgIpc) is 3.07. The van der Waals surface area contributed by atoms with E-state index in [1.165, 1.54) is 6.92 Å². The number of amides is 2. The Bertz CT molecular complexity index is 786. The molecule has 0 aromatic carbocycles. The second kappa shape index (κ2) is 7.29. The minimum Gasteiger partial charge on any atom is -0.456 e. The standard InChI is InChI=1S/C20H26N2O5/c1-11-9-16(12(2)21(11)4)17(23)10-27-20(26)13(3)22-18(24)14-7-5-6-8-15(14)19(22)25/h9,13-15H,5-8,10H2,1-4H3/t13-,14+,15+/m0/s1. The Morgan fingerprint density at radius 3 is 2.19 bits per heavy atom. The molecule has 0 radical (unpaired) electrons. The van der Waals surface area contributed by atoms with E-state index in [1.807, 2.05) is 25.5 Å². The molecule has 1 aromatic rings. The van der Waals surface area contributed by atoms with Gasteiger partial charge in [-0.25, -0.2) is 4.79 Å². The normalized spacial score (nSPS) is 23.3. The number of nitrogens with zero attached hydrogens (tertiary/aromatic N) is 2. The zero-order valence-electron chi connectivity index (χ0n) is 16.3. The first kappa shape index (κ1) is 19.3. The van der Waals surface area contributed by atoms with Gasteiger partial charge in [-0.05, 0) is 39.7 Å². The summed E-state index contributed by atoms with van der Waals surface area (Å²) in [5.74, 6) is -2.21. The Morgan fingerprint density at radius 2 is 1.70 bits per heavy atom. The van der Waals surface area contributed by atoms with Gasteiger partial charge in [-0.3, -0.25) is 19.3 Å². The number of rotatable bonds is 5. The van der Waals surface area contributed by atoms with Crippen LogP contribution in [0.5, 0.6) is 0 Å². The highest BCUT2D eigenvalue weighted by Gasteiger charge is 2.51. The van der Waals surface area contributed by atoms with Crippen molar-refractivity contribution in [1.29, 1.82) is 0 Å². The Balaban J connectivity index is 1.64. The molecule has 0 spiro atoms. The van der Waals surface area contributed by atoms with Crippen LogP contribution in [0.3, 0.4) is 0 Å². The summed E-state index contributed by atoms with van der Waals surface area (Å²) in [4.78, 5) is 51.0. The first-order valence-electron chi connectivity index (χ1n) is 9.43. The summed E-state index contributed by atoms with van der Waals surface area (Å²) in [5.41, 5.74) is 2.25. The van der Waals surface area contributed by atoms with Gasteiger partial charge in [0.2, 0.25) is 17.6 Å². The summed E-state index contributed by atoms with van der Waals surface area (Å²) in [6.45, 7) is 4.80. The molecular weight excluding hydrogens is 348 g/mol. The van der Waals surface area contributed by atoms with E-state index in [-0.39, 0.29) is 29.4 Å². The molecule has 0 N–H and O–H groups in total. The Kier molecular flexibility index (Phi) is 5.22. The third kappa shape index (κ3) is 3.31. The minimum atomic E-state index is -1.01. The lowest BCUT2D eigenvalue weighted by Gasteiger charge is -2.21. The summed E-state index contributed by atoms with van der Waals surface area (Å²) in [6, 6.07) is 0.745. The van der Waals surface area contributed by atoms with Gasteiger partial charge in [0.15, 0.2) is 6.61 Å². The smallest absolute Gasteiger partial charge is 0.329 e. The van der Waals surface area contributed by atoms with Crippen molar-refractivity contribution < 1.29 is 23.9 Å². The van der Waals surface area contributed by atoms with Crippen LogP contribution < -0.4 is 0 Å². The number of aromatic nitrogens is 1. The second-order valence-corrected chi connectivity index (χ2v) is 7.59. The van der Waals surface area contributed by atoms with Crippen molar-refractivity contribution in [2.45, 2.75) is 52.5 Å². The Labute approximate surface area is 158 Å². The van der Waals surface area contributed by atoms with Gasteiger partial charge < -0.3 is 9.30 Å². The van der Waals surface area contributed by atoms with Crippen LogP contribution in [0, 0.1) is 25.7 Å². The van der Waals surface area contributed by atoms with E-state index in [0.717, 1.165) is 29.1 Å². The molecule has 3 rings (SSSR count). The highest BCUT2D eigenvalue weighted by atomic mass is 16.5. The molecule has 27 heavy (non-hydrogen) atoms. The fourth-order valence-corrected chi connectivity index (χ4v) is 4.15. The number of carbonyl (C=O) groups excluding carboxylic acids is 4. The summed E-state index contributed by atoms with van der Waals surface area (Å²) in [5, 5.41) is 0. The number of carbonyl (C=O) groups is 4. The molecule has 2 heterocycles. The molecule has 1 aromatic heterocycles. The lowest BCUT2D eigenvalue weighted by Crippen LogP contribution is -2.44. The maximum Gasteiger partial charge on any atom is 0.329 e. The highest BCUT2D eigenvalue weighted by Crippen LogP contribution is 2.38. The van der Waals surface area contributed by atoms with Crippen molar-refractivity contribution in [3.63, 3.8) is 0 Å². The molecule has 3 atom stereocenters. The van der Waals surface area contributed by atoms with Crippen LogP contribution in [0.1, 0.15) is 54.4 Å². The number of hydrogen-bond donors (Lipinski definition) is 0. The van der Waals surface area contributed by atoms with Crippen molar-refractivity contribution in [3.8, 4) is 0 Å². The number of imide groups is 1. The third-order valence-electron chi connectivity index (χ3n) is 6.02. The minimum absolute atomic E-state index is 0.282. The monoisotopic (exact) mass is 374 g/mol. The molecule has 1 saturated carbocycles. The maximum absolute atomic E-state index is 12.6. The second-order valence-electron chi connectivity index (χ2n) is 7.59. The zero-order valence-corrected chi connectivity index (χ0v) is 16.3. The average molecular weight is 374 g/mol. The van der Waals surface area contributed by atoms with E-state index < -0.39 is 18.6 Å². The molecule has 2 aliphatic rings. The van der Waals surface area contributed by atoms with Crippen molar-refractivity contribution in [1.82, 2.24) is 9.47 Å². The van der Waals surface area contributed by atoms with Crippen LogP contribution in [0.15, 0.2) is 6.07 Å². The van der Waals surface area contributed by atoms with Gasteiger partial charge in [0.25, 0.3) is 0 Å². The largest absolute Gasteiger partial charge is 0.456 e. The van der Waals surface area contributed by atoms with E-state index in [1.54, 1.807) is 6.07 Å². The first-order chi connectivity index (χ1) is 12.7. The topological polar surface area (TPSA) is 85.7 Å². The summed E-state index contributed by atoms with van der Waals surface area (Å²) >= 11 is 0. The summed E-state index contributed by atoms with van der Waals surface area (Å²) < 4.78 is 7.03. The molecule has 2 amide bonds. The van der Waals surface area contributed by atoms with Crippen LogP contribution in [-0.4, -0.2) is 45.7 Å². The van der Waals surface area contributed by atoms with Crippen LogP contribution in [-0.2, 0) is 26.2 Å². The van der Waals surface area contributed by atoms with Crippen molar-refractivity contribution in [2.75, 3.05) is 6.61 Å². The predicted octanol–water partition coefficient (Wildman–Crippen LogP) is 1.93. The van der Waals surface area contributed by atoms with Crippen molar-refractivity contribution in [2.24, 2.45) is 18.9 Å². The van der Waals surface area contributed by atoms with Gasteiger partial charge in [0, 0.05) is 24.0 Å². The fraction of sp³-hybridized carbons (Fsp3) is 0.600. The van der Waals surface area contributed by atoms with Crippen molar-refractivity contribution in [3.05, 3.63) is 23.0 Å². The van der Waals surface area contributed by atoms with Gasteiger partial charge in [0.1, 0.15) is 6.04 Å². The number of likely N-dealkylation sites (tertiary alicyclic amines) is 1. The number of hydrogen-bond acceptors (Lipinski definition) is 5. The van der Waals surface area contributed by atoms with Gasteiger partial charge in [-0.2, -0.15) is 0 Å². The highest BCUT2D eigenvalue weighted by molar-refractivity contribution is 6.08. The summed E-state index contributed by atoms with van der Waals surface area (Å²) in [6.07, 6.45) is 3.24. The van der Waals surface area contributed by atoms with Gasteiger partial charge in [0.05, 0.1) is 11.8 Å². The molecule has 7 heteroatoms. The summed E-state index contributed by atoms with van der Waals surface area (Å²) in [7, 11) is 1.86. The molecule has 1 aliphatic carbocycles. The molecule has 0 bridgehead atoms. The zero-order chi connectivity index (χ0) is 19.9. The van der Waals surface area contributed by atoms with Crippen LogP contribution in [0.2, 0.25) is 0 Å². The number of ether oxygens (including phenoxy) is 1. The molecule has 1 saturated heterocycles.